The number of amides is 4. The minimum atomic E-state index is -5.26. The molecule has 0 unspecified atom stereocenters. The number of Topliss-reactive ketones (excluding diaryl/α,β-unsaturated/α-hetero) is 2. The largest absolute Gasteiger partial charge is 1.00 e. The third kappa shape index (κ3) is 17.8. The number of halogens is 2. The van der Waals surface area contributed by atoms with E-state index < -0.39 is 76.7 Å². The number of hydrogen-bond acceptors (Lipinski definition) is 22. The van der Waals surface area contributed by atoms with E-state index in [1.54, 1.807) is 52.3 Å². The van der Waals surface area contributed by atoms with Crippen LogP contribution >= 0.6 is 15.6 Å². The van der Waals surface area contributed by atoms with E-state index in [2.05, 4.69) is 33.7 Å². The van der Waals surface area contributed by atoms with Crippen molar-refractivity contribution in [2.24, 2.45) is 10.2 Å². The van der Waals surface area contributed by atoms with E-state index in [1.165, 1.54) is 71.9 Å². The summed E-state index contributed by atoms with van der Waals surface area (Å²) >= 11 is 0. The first-order valence-electron chi connectivity index (χ1n) is 23.8. The van der Waals surface area contributed by atoms with Gasteiger partial charge in [0.25, 0.3) is 11.8 Å². The molecule has 6 heterocycles. The third-order valence-corrected chi connectivity index (χ3v) is 13.9. The second-order valence-corrected chi connectivity index (χ2v) is 20.6. The summed E-state index contributed by atoms with van der Waals surface area (Å²) in [6.07, 6.45) is 5.13. The molecular weight excluding hydrogens is 1120 g/mol. The number of ketones is 2. The molecule has 26 nitrogen and oxygen atoms in total. The number of ether oxygens (including phenoxy) is 2. The van der Waals surface area contributed by atoms with Gasteiger partial charge in [0.15, 0.2) is 0 Å². The number of hydrogen-bond donors (Lipinski definition) is 0. The van der Waals surface area contributed by atoms with Crippen molar-refractivity contribution in [2.45, 2.75) is 51.7 Å². The summed E-state index contributed by atoms with van der Waals surface area (Å²) in [5.74, 6) is -1.39. The Labute approximate surface area is 501 Å². The Morgan fingerprint density at radius 1 is 0.637 bits per heavy atom. The zero-order valence-corrected chi connectivity index (χ0v) is 50.2. The Morgan fingerprint density at radius 3 is 1.38 bits per heavy atom. The Hall–Kier alpha value is -5.42. The summed E-state index contributed by atoms with van der Waals surface area (Å²) in [6.45, 7) is 2.91. The van der Waals surface area contributed by atoms with E-state index in [1.807, 2.05) is 0 Å². The second kappa shape index (κ2) is 29.5. The number of benzene rings is 2. The van der Waals surface area contributed by atoms with Crippen molar-refractivity contribution in [1.29, 1.82) is 0 Å². The van der Waals surface area contributed by atoms with Crippen molar-refractivity contribution in [2.75, 3.05) is 86.3 Å². The summed E-state index contributed by atoms with van der Waals surface area (Å²) in [4.78, 5) is 107. The summed E-state index contributed by atoms with van der Waals surface area (Å²) in [7, 11) is -6.75. The van der Waals surface area contributed by atoms with Crippen LogP contribution in [0, 0.1) is 11.6 Å². The zero-order valence-electron chi connectivity index (χ0n) is 44.4. The first kappa shape index (κ1) is 65.4. The minimum Gasteiger partial charge on any atom is -0.790 e. The molecule has 0 N–H and O–H groups in total. The van der Waals surface area contributed by atoms with Crippen LogP contribution in [0.25, 0.3) is 22.3 Å². The molecule has 0 radical (unpaired) electrons. The number of phosphoric acid groups is 2. The number of cyclic esters (lactones) is 2. The zero-order chi connectivity index (χ0) is 56.3. The maximum absolute atomic E-state index is 15.1. The molecule has 4 amide bonds. The number of phosphoric ester groups is 2. The van der Waals surface area contributed by atoms with Crippen molar-refractivity contribution in [3.63, 3.8) is 0 Å². The molecule has 4 aliphatic heterocycles. The van der Waals surface area contributed by atoms with Gasteiger partial charge in [0.05, 0.1) is 45.4 Å². The van der Waals surface area contributed by atoms with Crippen LogP contribution in [0.4, 0.5) is 41.4 Å². The van der Waals surface area contributed by atoms with Crippen LogP contribution in [0.5, 0.6) is 0 Å². The Balaban J connectivity index is 0.000000287. The molecule has 0 saturated carbocycles. The summed E-state index contributed by atoms with van der Waals surface area (Å²) in [5.41, 5.74) is 2.29. The molecule has 32 heteroatoms. The van der Waals surface area contributed by atoms with Crippen LogP contribution in [-0.4, -0.2) is 147 Å². The standard InChI is InChI=1S/C25H29FN5O8P.C23H25FN5O8P.2Na/c1-17(32)4-7-20-14-30(25(34)39-20)19-6-8-21(22(26)12-19)18-5-9-23(27-13-18)29-10-11-31(28-16-29)24(33)15-38-40(35,36-2)37-3;1-15(30)2-5-18-12-28(23(32)37-18)17-4-6-19(20(24)10-17)16-3-7-21(25-11-16)27-8-9-29(26-14-27)22(31)13-36-38(33,34)35;;/h5-6,8-9,12-13,16,20H,4,7,10-11,14-15H2,1-3H3;3-4,6-7,10-11,14,18H,2,5,8-9,12-13H2,1H3,(H2,33,34,35);;/q;;2*+1/p-2/t20-;18-;;/m00../s1. The Morgan fingerprint density at radius 2 is 1.05 bits per heavy atom. The second-order valence-electron chi connectivity index (χ2n) is 17.5. The van der Waals surface area contributed by atoms with Crippen LogP contribution in [0.3, 0.4) is 0 Å². The van der Waals surface area contributed by atoms with Gasteiger partial charge in [-0.2, -0.15) is 10.2 Å². The molecule has 2 atom stereocenters. The first-order valence-corrected chi connectivity index (χ1v) is 26.8. The molecular formula is C48H52F2N10Na2O16P2. The summed E-state index contributed by atoms with van der Waals surface area (Å²) < 4.78 is 81.2. The van der Waals surface area contributed by atoms with Gasteiger partial charge in [-0.15, -0.1) is 0 Å². The van der Waals surface area contributed by atoms with Gasteiger partial charge in [0.1, 0.15) is 72.9 Å². The van der Waals surface area contributed by atoms with Crippen molar-refractivity contribution in [3.8, 4) is 22.3 Å². The fourth-order valence-electron chi connectivity index (χ4n) is 7.94. The van der Waals surface area contributed by atoms with Crippen molar-refractivity contribution >= 4 is 86.9 Å². The summed E-state index contributed by atoms with van der Waals surface area (Å²) in [6, 6.07) is 15.5. The smallest absolute Gasteiger partial charge is 0.790 e. The number of rotatable bonds is 20. The van der Waals surface area contributed by atoms with Gasteiger partial charge in [0, 0.05) is 74.8 Å². The molecule has 4 aliphatic rings. The maximum atomic E-state index is 15.1. The molecule has 0 bridgehead atoms. The van der Waals surface area contributed by atoms with Gasteiger partial charge in [0.2, 0.25) is 0 Å². The van der Waals surface area contributed by atoms with E-state index in [9.17, 15) is 52.1 Å². The SMILES string of the molecule is CC(=O)CC[C@H]1CN(c2ccc(-c3ccc(N4C=NN(C(=O)COP(=O)([O-])[O-])CC4)nc3)c(F)c2)C(=O)O1.COP(=O)(OC)OCC(=O)N1CCN(c2ccc(-c3ccc(N4C[C@H](CCC(C)=O)OC4=O)cc3F)cn2)C=N1.[Na+].[Na+]. The van der Waals surface area contributed by atoms with Gasteiger partial charge >= 0.3 is 79.1 Å². The quantitative estimate of drug-likeness (QED) is 0.0727. The monoisotopic (exact) mass is 1170 g/mol. The van der Waals surface area contributed by atoms with E-state index in [0.29, 0.717) is 71.9 Å². The number of carbonyl (C=O) groups is 6. The molecule has 8 rings (SSSR count). The van der Waals surface area contributed by atoms with Crippen molar-refractivity contribution < 1.29 is 143 Å². The minimum absolute atomic E-state index is 0. The number of pyridine rings is 2. The molecule has 80 heavy (non-hydrogen) atoms. The average Bonchev–Trinajstić information content (AvgIpc) is 4.01. The molecule has 2 aromatic heterocycles. The van der Waals surface area contributed by atoms with Crippen LogP contribution in [0.1, 0.15) is 39.5 Å². The van der Waals surface area contributed by atoms with Crippen LogP contribution in [-0.2, 0) is 55.9 Å². The van der Waals surface area contributed by atoms with Crippen molar-refractivity contribution in [3.05, 3.63) is 84.7 Å². The normalized spacial score (nSPS) is 17.1. The van der Waals surface area contributed by atoms with Gasteiger partial charge in [-0.05, 0) is 87.4 Å². The number of aromatic nitrogens is 2. The first-order chi connectivity index (χ1) is 37.1. The maximum Gasteiger partial charge on any atom is 1.00 e. The third-order valence-electron chi connectivity index (χ3n) is 12.1. The number of nitrogens with zero attached hydrogens (tertiary/aromatic N) is 10. The van der Waals surface area contributed by atoms with E-state index in [0.717, 1.165) is 19.2 Å². The van der Waals surface area contributed by atoms with Gasteiger partial charge < -0.3 is 47.7 Å². The fraction of sp³-hybridized carbons (Fsp3) is 0.375. The number of hydrazone groups is 2. The van der Waals surface area contributed by atoms with Gasteiger partial charge in [-0.25, -0.2) is 42.9 Å². The van der Waals surface area contributed by atoms with Crippen LogP contribution in [0.2, 0.25) is 0 Å². The molecule has 0 spiro atoms. The van der Waals surface area contributed by atoms with E-state index in [-0.39, 0.29) is 109 Å². The van der Waals surface area contributed by atoms with E-state index >= 15 is 4.39 Å². The molecule has 416 valence electrons. The molecule has 0 aliphatic carbocycles. The molecule has 2 saturated heterocycles. The topological polar surface area (TPSA) is 308 Å². The fourth-order valence-corrected chi connectivity index (χ4v) is 8.84. The van der Waals surface area contributed by atoms with Gasteiger partial charge in [-0.1, -0.05) is 0 Å². The Bertz CT molecular complexity index is 3050. The average molecular weight is 1170 g/mol. The Kier molecular flexibility index (Phi) is 24.1. The molecule has 2 aromatic carbocycles. The van der Waals surface area contributed by atoms with E-state index in [4.69, 9.17) is 14.0 Å². The molecule has 2 fully saturated rings. The predicted molar refractivity (Wildman–Crippen MR) is 271 cm³/mol. The number of carbonyl (C=O) groups excluding carboxylic acids is 6. The van der Waals surface area contributed by atoms with Crippen LogP contribution in [0.15, 0.2) is 83.3 Å². The molecule has 4 aromatic rings. The number of anilines is 4. The van der Waals surface area contributed by atoms with Crippen LogP contribution < -0.4 is 88.5 Å². The summed E-state index contributed by atoms with van der Waals surface area (Å²) in [5, 5.41) is 10.1. The van der Waals surface area contributed by atoms with Crippen molar-refractivity contribution in [1.82, 2.24) is 20.0 Å². The van der Waals surface area contributed by atoms with Gasteiger partial charge in [-0.3, -0.25) is 33.0 Å². The predicted octanol–water partition coefficient (Wildman–Crippen LogP) is -1.38.